The Hall–Kier alpha value is -1.21. The number of nitrogens with zero attached hydrogens (tertiary/aromatic N) is 1. The number of morpholine rings is 1. The van der Waals surface area contributed by atoms with E-state index in [1.54, 1.807) is 7.11 Å². The lowest BCUT2D eigenvalue weighted by Crippen LogP contribution is -2.46. The fraction of sp³-hybridized carbons (Fsp3) is 0.588. The minimum Gasteiger partial charge on any atom is -0.497 e. The molecule has 2 aliphatic rings. The van der Waals surface area contributed by atoms with E-state index in [9.17, 15) is 4.79 Å². The van der Waals surface area contributed by atoms with Gasteiger partial charge in [-0.05, 0) is 18.6 Å². The number of ether oxygens (including phenoxy) is 2. The van der Waals surface area contributed by atoms with Crippen molar-refractivity contribution in [2.75, 3.05) is 44.9 Å². The minimum atomic E-state index is 0. The number of amides is 1. The molecule has 2 saturated heterocycles. The van der Waals surface area contributed by atoms with Gasteiger partial charge in [0, 0.05) is 49.9 Å². The molecule has 0 spiro atoms. The van der Waals surface area contributed by atoms with E-state index in [1.165, 1.54) is 0 Å². The van der Waals surface area contributed by atoms with Crippen LogP contribution >= 0.6 is 24.8 Å². The first-order valence-electron chi connectivity index (χ1n) is 8.24. The van der Waals surface area contributed by atoms with Gasteiger partial charge in [-0.3, -0.25) is 4.79 Å². The third-order valence-electron chi connectivity index (χ3n) is 4.40. The molecule has 2 fully saturated rings. The molecule has 2 atom stereocenters. The monoisotopic (exact) mass is 391 g/mol. The third-order valence-corrected chi connectivity index (χ3v) is 4.40. The van der Waals surface area contributed by atoms with Crippen molar-refractivity contribution in [2.24, 2.45) is 0 Å². The van der Waals surface area contributed by atoms with Crippen LogP contribution in [0.5, 0.6) is 5.75 Å². The lowest BCUT2D eigenvalue weighted by Gasteiger charge is -2.24. The maximum atomic E-state index is 12.2. The minimum absolute atomic E-state index is 0. The van der Waals surface area contributed by atoms with Crippen LogP contribution in [0.1, 0.15) is 12.8 Å². The van der Waals surface area contributed by atoms with Gasteiger partial charge in [0.25, 0.3) is 0 Å². The van der Waals surface area contributed by atoms with Gasteiger partial charge in [-0.2, -0.15) is 0 Å². The van der Waals surface area contributed by atoms with Crippen LogP contribution in [0.3, 0.4) is 0 Å². The number of halogens is 2. The van der Waals surface area contributed by atoms with Crippen molar-refractivity contribution in [1.82, 2.24) is 10.6 Å². The second-order valence-corrected chi connectivity index (χ2v) is 6.13. The molecular weight excluding hydrogens is 365 g/mol. The number of anilines is 1. The predicted molar refractivity (Wildman–Crippen MR) is 103 cm³/mol. The molecule has 142 valence electrons. The standard InChI is InChI=1S/C17H25N3O3.2ClH/c1-22-16-4-2-3-15(10-16)20-7-5-13(11-20)19-17(21)9-14-12-23-8-6-18-14;;/h2-4,10,13-14,18H,5-9,11-12H2,1H3,(H,19,21);2*1H. The van der Waals surface area contributed by atoms with Gasteiger partial charge in [-0.15, -0.1) is 24.8 Å². The van der Waals surface area contributed by atoms with Crippen LogP contribution < -0.4 is 20.3 Å². The number of benzene rings is 1. The molecule has 8 heteroatoms. The topological polar surface area (TPSA) is 62.8 Å². The maximum absolute atomic E-state index is 12.2. The molecule has 2 aliphatic heterocycles. The number of carbonyl (C=O) groups excluding carboxylic acids is 1. The molecule has 3 rings (SSSR count). The smallest absolute Gasteiger partial charge is 0.221 e. The summed E-state index contributed by atoms with van der Waals surface area (Å²) in [4.78, 5) is 14.5. The summed E-state index contributed by atoms with van der Waals surface area (Å²) in [6.07, 6.45) is 1.45. The molecule has 0 radical (unpaired) electrons. The Morgan fingerprint density at radius 1 is 1.44 bits per heavy atom. The Labute approximate surface area is 161 Å². The predicted octanol–water partition coefficient (Wildman–Crippen LogP) is 1.61. The number of rotatable bonds is 5. The van der Waals surface area contributed by atoms with Crippen LogP contribution in [0, 0.1) is 0 Å². The van der Waals surface area contributed by atoms with Gasteiger partial charge >= 0.3 is 0 Å². The van der Waals surface area contributed by atoms with Crippen LogP contribution in [0.4, 0.5) is 5.69 Å². The molecule has 1 aromatic rings. The molecule has 0 bridgehead atoms. The Morgan fingerprint density at radius 2 is 2.28 bits per heavy atom. The number of hydrogen-bond donors (Lipinski definition) is 2. The summed E-state index contributed by atoms with van der Waals surface area (Å²) in [7, 11) is 1.68. The van der Waals surface area contributed by atoms with E-state index >= 15 is 0 Å². The summed E-state index contributed by atoms with van der Waals surface area (Å²) < 4.78 is 10.7. The highest BCUT2D eigenvalue weighted by molar-refractivity contribution is 5.85. The SMILES string of the molecule is COc1cccc(N2CCC(NC(=O)CC3COCCN3)C2)c1.Cl.Cl. The molecular formula is C17H27Cl2N3O3. The van der Waals surface area contributed by atoms with Crippen molar-refractivity contribution in [1.29, 1.82) is 0 Å². The molecule has 2 N–H and O–H groups in total. The molecule has 0 saturated carbocycles. The summed E-state index contributed by atoms with van der Waals surface area (Å²) in [5.74, 6) is 0.962. The molecule has 2 unspecified atom stereocenters. The van der Waals surface area contributed by atoms with Crippen molar-refractivity contribution in [3.05, 3.63) is 24.3 Å². The van der Waals surface area contributed by atoms with Crippen molar-refractivity contribution >= 4 is 36.4 Å². The van der Waals surface area contributed by atoms with E-state index in [0.29, 0.717) is 13.0 Å². The molecule has 0 aromatic heterocycles. The van der Waals surface area contributed by atoms with E-state index in [0.717, 1.165) is 44.1 Å². The van der Waals surface area contributed by atoms with Crippen LogP contribution in [-0.2, 0) is 9.53 Å². The van der Waals surface area contributed by atoms with Gasteiger partial charge < -0.3 is 25.0 Å². The van der Waals surface area contributed by atoms with Crippen molar-refractivity contribution in [3.8, 4) is 5.75 Å². The van der Waals surface area contributed by atoms with Crippen molar-refractivity contribution in [3.63, 3.8) is 0 Å². The highest BCUT2D eigenvalue weighted by Gasteiger charge is 2.25. The normalized spacial score (nSPS) is 22.5. The number of nitrogens with one attached hydrogen (secondary N) is 2. The number of carbonyl (C=O) groups is 1. The van der Waals surface area contributed by atoms with Crippen LogP contribution in [-0.4, -0.2) is 57.9 Å². The molecule has 1 aromatic carbocycles. The maximum Gasteiger partial charge on any atom is 0.221 e. The van der Waals surface area contributed by atoms with Crippen LogP contribution in [0.25, 0.3) is 0 Å². The van der Waals surface area contributed by atoms with E-state index < -0.39 is 0 Å². The van der Waals surface area contributed by atoms with Crippen LogP contribution in [0.2, 0.25) is 0 Å². The quantitative estimate of drug-likeness (QED) is 0.798. The van der Waals surface area contributed by atoms with Gasteiger partial charge in [-0.1, -0.05) is 6.07 Å². The van der Waals surface area contributed by atoms with Gasteiger partial charge in [0.05, 0.1) is 20.3 Å². The van der Waals surface area contributed by atoms with E-state index in [2.05, 4.69) is 21.6 Å². The second-order valence-electron chi connectivity index (χ2n) is 6.13. The summed E-state index contributed by atoms with van der Waals surface area (Å²) in [5, 5.41) is 6.46. The van der Waals surface area contributed by atoms with Gasteiger partial charge in [0.1, 0.15) is 5.75 Å². The van der Waals surface area contributed by atoms with Gasteiger partial charge in [-0.25, -0.2) is 0 Å². The number of methoxy groups -OCH3 is 1. The number of hydrogen-bond acceptors (Lipinski definition) is 5. The largest absolute Gasteiger partial charge is 0.497 e. The first-order chi connectivity index (χ1) is 11.2. The average Bonchev–Trinajstić information content (AvgIpc) is 3.04. The zero-order chi connectivity index (χ0) is 16.1. The van der Waals surface area contributed by atoms with Gasteiger partial charge in [0.15, 0.2) is 0 Å². The van der Waals surface area contributed by atoms with E-state index in [1.807, 2.05) is 18.2 Å². The average molecular weight is 392 g/mol. The van der Waals surface area contributed by atoms with Crippen LogP contribution in [0.15, 0.2) is 24.3 Å². The van der Waals surface area contributed by atoms with E-state index in [4.69, 9.17) is 9.47 Å². The summed E-state index contributed by atoms with van der Waals surface area (Å²) in [6, 6.07) is 8.40. The summed E-state index contributed by atoms with van der Waals surface area (Å²) >= 11 is 0. The molecule has 25 heavy (non-hydrogen) atoms. The Bertz CT molecular complexity index is 542. The molecule has 1 amide bonds. The van der Waals surface area contributed by atoms with E-state index in [-0.39, 0.29) is 42.8 Å². The Balaban J connectivity index is 0.00000156. The zero-order valence-electron chi connectivity index (χ0n) is 14.4. The molecule has 2 heterocycles. The second kappa shape index (κ2) is 10.7. The fourth-order valence-electron chi connectivity index (χ4n) is 3.18. The summed E-state index contributed by atoms with van der Waals surface area (Å²) in [6.45, 7) is 3.96. The van der Waals surface area contributed by atoms with Gasteiger partial charge in [0.2, 0.25) is 5.91 Å². The summed E-state index contributed by atoms with van der Waals surface area (Å²) in [5.41, 5.74) is 1.14. The fourth-order valence-corrected chi connectivity index (χ4v) is 3.18. The Kier molecular flexibility index (Phi) is 9.35. The van der Waals surface area contributed by atoms with Crippen molar-refractivity contribution in [2.45, 2.75) is 24.9 Å². The first kappa shape index (κ1) is 21.8. The lowest BCUT2D eigenvalue weighted by molar-refractivity contribution is -0.122. The Morgan fingerprint density at radius 3 is 3.00 bits per heavy atom. The molecule has 0 aliphatic carbocycles. The van der Waals surface area contributed by atoms with Crippen molar-refractivity contribution < 1.29 is 14.3 Å². The lowest BCUT2D eigenvalue weighted by atomic mass is 10.1. The highest BCUT2D eigenvalue weighted by atomic mass is 35.5. The zero-order valence-corrected chi connectivity index (χ0v) is 16.0. The molecule has 6 nitrogen and oxygen atoms in total. The first-order valence-corrected chi connectivity index (χ1v) is 8.24. The highest BCUT2D eigenvalue weighted by Crippen LogP contribution is 2.24. The third kappa shape index (κ3) is 6.22.